The van der Waals surface area contributed by atoms with Crippen LogP contribution in [0.3, 0.4) is 0 Å². The lowest BCUT2D eigenvalue weighted by Gasteiger charge is -2.38. The Balaban J connectivity index is 4.29. The Bertz CT molecular complexity index is 247. The Labute approximate surface area is 120 Å². The second-order valence-corrected chi connectivity index (χ2v) is 7.37. The van der Waals surface area contributed by atoms with Gasteiger partial charge in [0.25, 0.3) is 0 Å². The topological polar surface area (TPSA) is 44.5 Å². The highest BCUT2D eigenvalue weighted by Gasteiger charge is 2.31. The van der Waals surface area contributed by atoms with E-state index < -0.39 is 0 Å². The highest BCUT2D eigenvalue weighted by atomic mass is 16.5. The van der Waals surface area contributed by atoms with E-state index in [1.807, 2.05) is 6.92 Å². The van der Waals surface area contributed by atoms with Crippen molar-refractivity contribution in [1.29, 1.82) is 0 Å². The van der Waals surface area contributed by atoms with E-state index in [4.69, 9.17) is 15.2 Å². The van der Waals surface area contributed by atoms with Crippen molar-refractivity contribution in [1.82, 2.24) is 0 Å². The summed E-state index contributed by atoms with van der Waals surface area (Å²) in [5.41, 5.74) is 5.29. The van der Waals surface area contributed by atoms with Gasteiger partial charge in [-0.2, -0.15) is 0 Å². The maximum atomic E-state index is 6.31. The monoisotopic (exact) mass is 273 g/mol. The van der Waals surface area contributed by atoms with E-state index in [0.29, 0.717) is 18.4 Å². The fourth-order valence-electron chi connectivity index (χ4n) is 2.34. The zero-order valence-corrected chi connectivity index (χ0v) is 14.2. The van der Waals surface area contributed by atoms with Crippen molar-refractivity contribution >= 4 is 0 Å². The fourth-order valence-corrected chi connectivity index (χ4v) is 2.34. The summed E-state index contributed by atoms with van der Waals surface area (Å²) in [7, 11) is 0. The fraction of sp³-hybridized carbons (Fsp3) is 1.00. The highest BCUT2D eigenvalue weighted by molar-refractivity contribution is 4.80. The molecule has 0 heterocycles. The zero-order chi connectivity index (χ0) is 15.3. The Kier molecular flexibility index (Phi) is 7.56. The summed E-state index contributed by atoms with van der Waals surface area (Å²) in [5.74, 6) is 1.35. The number of ether oxygens (including phenoxy) is 2. The average molecular weight is 273 g/mol. The molecule has 0 spiro atoms. The third-order valence-corrected chi connectivity index (χ3v) is 3.59. The maximum absolute atomic E-state index is 6.31. The SMILES string of the molecule is CC(N)OCCC(C)(C)OC(C)(C)CC(C)C(C)C. The standard InChI is InChI=1S/C16H35NO2/c1-12(2)13(3)11-16(7,8)19-15(5,6)9-10-18-14(4)17/h12-14H,9-11,17H2,1-8H3. The average Bonchev–Trinajstić information content (AvgIpc) is 2.12. The first-order valence-corrected chi connectivity index (χ1v) is 7.52. The molecule has 0 bridgehead atoms. The molecule has 0 aliphatic carbocycles. The summed E-state index contributed by atoms with van der Waals surface area (Å²) in [6, 6.07) is 0. The predicted molar refractivity (Wildman–Crippen MR) is 82.1 cm³/mol. The van der Waals surface area contributed by atoms with Gasteiger partial charge >= 0.3 is 0 Å². The van der Waals surface area contributed by atoms with Crippen LogP contribution in [0.4, 0.5) is 0 Å². The van der Waals surface area contributed by atoms with Crippen molar-refractivity contribution in [2.24, 2.45) is 17.6 Å². The molecule has 0 aliphatic heterocycles. The third kappa shape index (κ3) is 9.42. The smallest absolute Gasteiger partial charge is 0.102 e. The Morgan fingerprint density at radius 2 is 1.47 bits per heavy atom. The summed E-state index contributed by atoms with van der Waals surface area (Å²) < 4.78 is 11.7. The van der Waals surface area contributed by atoms with Crippen LogP contribution in [-0.2, 0) is 9.47 Å². The molecule has 0 amide bonds. The summed E-state index contributed by atoms with van der Waals surface area (Å²) in [6.45, 7) is 17.9. The lowest BCUT2D eigenvalue weighted by Crippen LogP contribution is -2.39. The molecular weight excluding hydrogens is 238 g/mol. The van der Waals surface area contributed by atoms with Crippen LogP contribution in [0.5, 0.6) is 0 Å². The molecule has 3 nitrogen and oxygen atoms in total. The summed E-state index contributed by atoms with van der Waals surface area (Å²) >= 11 is 0. The van der Waals surface area contributed by atoms with Gasteiger partial charge in [0.1, 0.15) is 6.23 Å². The molecule has 0 fully saturated rings. The van der Waals surface area contributed by atoms with E-state index in [1.54, 1.807) is 0 Å². The number of hydrogen-bond donors (Lipinski definition) is 1. The molecule has 2 unspecified atom stereocenters. The number of nitrogens with two attached hydrogens (primary N) is 1. The van der Waals surface area contributed by atoms with Crippen molar-refractivity contribution in [3.63, 3.8) is 0 Å². The van der Waals surface area contributed by atoms with Gasteiger partial charge in [0, 0.05) is 0 Å². The van der Waals surface area contributed by atoms with Gasteiger partial charge in [-0.15, -0.1) is 0 Å². The van der Waals surface area contributed by atoms with Crippen LogP contribution >= 0.6 is 0 Å². The summed E-state index contributed by atoms with van der Waals surface area (Å²) in [5, 5.41) is 0. The van der Waals surface area contributed by atoms with Gasteiger partial charge in [0.2, 0.25) is 0 Å². The van der Waals surface area contributed by atoms with Crippen molar-refractivity contribution in [2.75, 3.05) is 6.61 Å². The molecular formula is C16H35NO2. The van der Waals surface area contributed by atoms with E-state index >= 15 is 0 Å². The van der Waals surface area contributed by atoms with Crippen LogP contribution in [0, 0.1) is 11.8 Å². The Morgan fingerprint density at radius 3 is 1.89 bits per heavy atom. The molecule has 2 N–H and O–H groups in total. The molecule has 116 valence electrons. The van der Waals surface area contributed by atoms with E-state index in [1.165, 1.54) is 0 Å². The largest absolute Gasteiger partial charge is 0.370 e. The second kappa shape index (κ2) is 7.61. The van der Waals surface area contributed by atoms with Gasteiger partial charge in [-0.1, -0.05) is 20.8 Å². The van der Waals surface area contributed by atoms with Gasteiger partial charge in [0.05, 0.1) is 17.8 Å². The molecule has 0 rings (SSSR count). The molecule has 0 aromatic carbocycles. The van der Waals surface area contributed by atoms with E-state index in [2.05, 4.69) is 48.5 Å². The summed E-state index contributed by atoms with van der Waals surface area (Å²) in [4.78, 5) is 0. The van der Waals surface area contributed by atoms with Gasteiger partial charge < -0.3 is 15.2 Å². The molecule has 0 aromatic heterocycles. The maximum Gasteiger partial charge on any atom is 0.102 e. The van der Waals surface area contributed by atoms with Crippen LogP contribution < -0.4 is 5.73 Å². The minimum atomic E-state index is -0.204. The molecule has 3 heteroatoms. The molecule has 2 atom stereocenters. The van der Waals surface area contributed by atoms with Gasteiger partial charge in [-0.3, -0.25) is 0 Å². The van der Waals surface area contributed by atoms with Crippen LogP contribution in [0.15, 0.2) is 0 Å². The van der Waals surface area contributed by atoms with E-state index in [-0.39, 0.29) is 17.4 Å². The summed E-state index contributed by atoms with van der Waals surface area (Å²) in [6.07, 6.45) is 1.72. The van der Waals surface area contributed by atoms with E-state index in [0.717, 1.165) is 12.8 Å². The van der Waals surface area contributed by atoms with E-state index in [9.17, 15) is 0 Å². The number of hydrogen-bond acceptors (Lipinski definition) is 3. The van der Waals surface area contributed by atoms with Crippen LogP contribution in [0.1, 0.15) is 68.2 Å². The predicted octanol–water partition coefficient (Wildman–Crippen LogP) is 3.95. The first kappa shape index (κ1) is 18.9. The zero-order valence-electron chi connectivity index (χ0n) is 14.2. The van der Waals surface area contributed by atoms with Gasteiger partial charge in [-0.05, 0) is 59.3 Å². The second-order valence-electron chi connectivity index (χ2n) is 7.37. The van der Waals surface area contributed by atoms with Crippen LogP contribution in [0.2, 0.25) is 0 Å². The molecule has 19 heavy (non-hydrogen) atoms. The van der Waals surface area contributed by atoms with Crippen molar-refractivity contribution in [3.05, 3.63) is 0 Å². The van der Waals surface area contributed by atoms with Crippen molar-refractivity contribution in [3.8, 4) is 0 Å². The Hall–Kier alpha value is -0.120. The van der Waals surface area contributed by atoms with Crippen LogP contribution in [0.25, 0.3) is 0 Å². The molecule has 0 saturated heterocycles. The molecule has 0 radical (unpaired) electrons. The lowest BCUT2D eigenvalue weighted by molar-refractivity contribution is -0.143. The molecule has 0 saturated carbocycles. The Morgan fingerprint density at radius 1 is 0.947 bits per heavy atom. The first-order chi connectivity index (χ1) is 8.45. The normalized spacial score (nSPS) is 16.7. The highest BCUT2D eigenvalue weighted by Crippen LogP contribution is 2.30. The minimum Gasteiger partial charge on any atom is -0.370 e. The molecule has 0 aliphatic rings. The van der Waals surface area contributed by atoms with Gasteiger partial charge in [0.15, 0.2) is 0 Å². The van der Waals surface area contributed by atoms with Crippen molar-refractivity contribution < 1.29 is 9.47 Å². The first-order valence-electron chi connectivity index (χ1n) is 7.52. The van der Waals surface area contributed by atoms with Crippen molar-refractivity contribution in [2.45, 2.75) is 85.7 Å². The minimum absolute atomic E-state index is 0.110. The quantitative estimate of drug-likeness (QED) is 0.647. The van der Waals surface area contributed by atoms with Crippen LogP contribution in [-0.4, -0.2) is 24.0 Å². The number of rotatable bonds is 9. The molecule has 0 aromatic rings. The van der Waals surface area contributed by atoms with Gasteiger partial charge in [-0.25, -0.2) is 0 Å². The lowest BCUT2D eigenvalue weighted by atomic mass is 9.86. The third-order valence-electron chi connectivity index (χ3n) is 3.59.